The lowest BCUT2D eigenvalue weighted by Crippen LogP contribution is -2.44. The Labute approximate surface area is 218 Å². The van der Waals surface area contributed by atoms with Gasteiger partial charge < -0.3 is 4.74 Å². The molecule has 2 aliphatic rings. The van der Waals surface area contributed by atoms with Gasteiger partial charge in [-0.1, -0.05) is 79.9 Å². The van der Waals surface area contributed by atoms with Crippen molar-refractivity contribution in [1.82, 2.24) is 4.90 Å². The number of hydrogen-bond acceptors (Lipinski definition) is 4. The Kier molecular flexibility index (Phi) is 7.57. The summed E-state index contributed by atoms with van der Waals surface area (Å²) in [6.45, 7) is 4.88. The number of amidine groups is 1. The van der Waals surface area contributed by atoms with Crippen LogP contribution >= 0.6 is 11.8 Å². The number of aliphatic imine (C=N–C) groups is 1. The van der Waals surface area contributed by atoms with Crippen LogP contribution in [0.4, 0.5) is 5.69 Å². The Balaban J connectivity index is 1.35. The number of ether oxygens (including phenoxy) is 1. The molecule has 1 heterocycles. The number of carbonyl (C=O) groups excluding carboxylic acids is 1. The Morgan fingerprint density at radius 1 is 1.00 bits per heavy atom. The van der Waals surface area contributed by atoms with Crippen LogP contribution in [-0.2, 0) is 11.4 Å². The van der Waals surface area contributed by atoms with Crippen LogP contribution in [0.1, 0.15) is 49.3 Å². The molecule has 3 aromatic carbocycles. The predicted molar refractivity (Wildman–Crippen MR) is 149 cm³/mol. The summed E-state index contributed by atoms with van der Waals surface area (Å²) in [6.07, 6.45) is 6.55. The van der Waals surface area contributed by atoms with Crippen molar-refractivity contribution in [2.45, 2.75) is 52.2 Å². The van der Waals surface area contributed by atoms with Crippen molar-refractivity contribution in [3.63, 3.8) is 0 Å². The van der Waals surface area contributed by atoms with E-state index in [9.17, 15) is 4.79 Å². The van der Waals surface area contributed by atoms with Crippen molar-refractivity contribution in [2.24, 2.45) is 10.9 Å². The van der Waals surface area contributed by atoms with E-state index in [1.165, 1.54) is 23.7 Å². The van der Waals surface area contributed by atoms with Crippen LogP contribution in [0.5, 0.6) is 5.75 Å². The lowest BCUT2D eigenvalue weighted by Gasteiger charge is -2.35. The molecule has 1 saturated heterocycles. The van der Waals surface area contributed by atoms with Gasteiger partial charge in [-0.25, -0.2) is 4.99 Å². The van der Waals surface area contributed by atoms with Crippen LogP contribution in [0.2, 0.25) is 0 Å². The molecule has 184 valence electrons. The fraction of sp³-hybridized carbons (Fsp3) is 0.290. The highest BCUT2D eigenvalue weighted by Gasteiger charge is 2.41. The van der Waals surface area contributed by atoms with Crippen LogP contribution in [-0.4, -0.2) is 22.0 Å². The van der Waals surface area contributed by atoms with Crippen molar-refractivity contribution >= 4 is 34.6 Å². The Hall–Kier alpha value is -3.31. The number of thioether (sulfide) groups is 1. The average Bonchev–Trinajstić information content (AvgIpc) is 3.18. The highest BCUT2D eigenvalue weighted by molar-refractivity contribution is 8.18. The zero-order valence-electron chi connectivity index (χ0n) is 20.9. The SMILES string of the molecule is Cc1cccc(COc2ccc(/C=C3\SC(=Nc4ccccc4)N([C@@H]4CCCC[C@@H]4C)C3=O)cc2)c1. The highest BCUT2D eigenvalue weighted by Crippen LogP contribution is 2.40. The number of aryl methyl sites for hydroxylation is 1. The van der Waals surface area contributed by atoms with Crippen LogP contribution < -0.4 is 4.74 Å². The summed E-state index contributed by atoms with van der Waals surface area (Å²) in [5.74, 6) is 1.34. The van der Waals surface area contributed by atoms with E-state index in [-0.39, 0.29) is 11.9 Å². The van der Waals surface area contributed by atoms with Crippen molar-refractivity contribution in [1.29, 1.82) is 0 Å². The van der Waals surface area contributed by atoms with Gasteiger partial charge in [-0.2, -0.15) is 0 Å². The van der Waals surface area contributed by atoms with Gasteiger partial charge in [-0.05, 0) is 78.9 Å². The minimum absolute atomic E-state index is 0.0632. The van der Waals surface area contributed by atoms with Gasteiger partial charge in [0.2, 0.25) is 0 Å². The number of hydrogen-bond donors (Lipinski definition) is 0. The van der Waals surface area contributed by atoms with Crippen LogP contribution in [0, 0.1) is 12.8 Å². The third-order valence-electron chi connectivity index (χ3n) is 6.88. The van der Waals surface area contributed by atoms with E-state index in [4.69, 9.17) is 9.73 Å². The molecule has 1 amide bonds. The first-order valence-corrected chi connectivity index (χ1v) is 13.5. The maximum absolute atomic E-state index is 13.6. The van der Waals surface area contributed by atoms with E-state index < -0.39 is 0 Å². The number of nitrogens with zero attached hydrogens (tertiary/aromatic N) is 2. The predicted octanol–water partition coefficient (Wildman–Crippen LogP) is 7.76. The summed E-state index contributed by atoms with van der Waals surface area (Å²) >= 11 is 1.48. The van der Waals surface area contributed by atoms with Crippen LogP contribution in [0.25, 0.3) is 6.08 Å². The number of rotatable bonds is 6. The van der Waals surface area contributed by atoms with Crippen molar-refractivity contribution < 1.29 is 9.53 Å². The van der Waals surface area contributed by atoms with E-state index in [1.54, 1.807) is 0 Å². The van der Waals surface area contributed by atoms with E-state index in [2.05, 4.69) is 32.0 Å². The lowest BCUT2D eigenvalue weighted by molar-refractivity contribution is -0.124. The molecule has 3 aromatic rings. The lowest BCUT2D eigenvalue weighted by atomic mass is 9.85. The first-order chi connectivity index (χ1) is 17.6. The van der Waals surface area contributed by atoms with Gasteiger partial charge in [0.1, 0.15) is 12.4 Å². The van der Waals surface area contributed by atoms with Crippen molar-refractivity contribution in [3.05, 3.63) is 100 Å². The second-order valence-corrected chi connectivity index (χ2v) is 10.7. The van der Waals surface area contributed by atoms with Crippen molar-refractivity contribution in [3.8, 4) is 5.75 Å². The van der Waals surface area contributed by atoms with Gasteiger partial charge >= 0.3 is 0 Å². The molecule has 2 atom stereocenters. The summed E-state index contributed by atoms with van der Waals surface area (Å²) in [4.78, 5) is 21.2. The smallest absolute Gasteiger partial charge is 0.267 e. The maximum Gasteiger partial charge on any atom is 0.267 e. The molecule has 0 N–H and O–H groups in total. The number of carbonyl (C=O) groups is 1. The van der Waals surface area contributed by atoms with E-state index in [0.29, 0.717) is 12.5 Å². The molecule has 0 unspecified atom stereocenters. The number of benzene rings is 3. The minimum Gasteiger partial charge on any atom is -0.489 e. The molecule has 1 saturated carbocycles. The molecule has 4 nitrogen and oxygen atoms in total. The Bertz CT molecular complexity index is 1270. The summed E-state index contributed by atoms with van der Waals surface area (Å²) in [5, 5.41) is 0.786. The Morgan fingerprint density at radius 3 is 2.53 bits per heavy atom. The van der Waals surface area contributed by atoms with Gasteiger partial charge in [-0.3, -0.25) is 9.69 Å². The van der Waals surface area contributed by atoms with E-state index in [1.807, 2.05) is 71.6 Å². The van der Waals surface area contributed by atoms with Gasteiger partial charge in [-0.15, -0.1) is 0 Å². The summed E-state index contributed by atoms with van der Waals surface area (Å²) < 4.78 is 5.96. The number of para-hydroxylation sites is 1. The summed E-state index contributed by atoms with van der Waals surface area (Å²) in [6, 6.07) is 26.4. The molecule has 0 aromatic heterocycles. The fourth-order valence-electron chi connectivity index (χ4n) is 4.93. The molecule has 0 radical (unpaired) electrons. The maximum atomic E-state index is 13.6. The average molecular weight is 497 g/mol. The first-order valence-electron chi connectivity index (χ1n) is 12.7. The van der Waals surface area contributed by atoms with E-state index >= 15 is 0 Å². The molecule has 5 heteroatoms. The zero-order chi connectivity index (χ0) is 24.9. The Morgan fingerprint density at radius 2 is 1.78 bits per heavy atom. The molecular weight excluding hydrogens is 464 g/mol. The van der Waals surface area contributed by atoms with Gasteiger partial charge in [0.15, 0.2) is 5.17 Å². The summed E-state index contributed by atoms with van der Waals surface area (Å²) in [5.41, 5.74) is 4.23. The second-order valence-electron chi connectivity index (χ2n) is 9.69. The molecule has 5 rings (SSSR count). The summed E-state index contributed by atoms with van der Waals surface area (Å²) in [7, 11) is 0. The monoisotopic (exact) mass is 496 g/mol. The fourth-order valence-corrected chi connectivity index (χ4v) is 5.98. The molecule has 1 aliphatic carbocycles. The second kappa shape index (κ2) is 11.2. The molecule has 2 fully saturated rings. The van der Waals surface area contributed by atoms with Crippen LogP contribution in [0.3, 0.4) is 0 Å². The molecule has 1 aliphatic heterocycles. The van der Waals surface area contributed by atoms with E-state index in [0.717, 1.165) is 51.9 Å². The first kappa shape index (κ1) is 24.4. The zero-order valence-corrected chi connectivity index (χ0v) is 21.7. The number of amides is 1. The molecule has 36 heavy (non-hydrogen) atoms. The third kappa shape index (κ3) is 5.73. The van der Waals surface area contributed by atoms with Gasteiger partial charge in [0.25, 0.3) is 5.91 Å². The topological polar surface area (TPSA) is 41.9 Å². The largest absolute Gasteiger partial charge is 0.489 e. The minimum atomic E-state index is 0.0632. The molecular formula is C31H32N2O2S. The van der Waals surface area contributed by atoms with Gasteiger partial charge in [0, 0.05) is 6.04 Å². The van der Waals surface area contributed by atoms with Crippen molar-refractivity contribution in [2.75, 3.05) is 0 Å². The standard InChI is InChI=1S/C31H32N2O2S/c1-22-9-8-11-25(19-22)21-35-27-17-15-24(16-18-27)20-29-30(34)33(28-14-7-6-10-23(28)2)31(36-29)32-26-12-4-3-5-13-26/h3-5,8-9,11-13,15-20,23,28H,6-7,10,14,21H2,1-2H3/b29-20-,32-31?/t23-,28+/m0/s1. The molecule has 0 spiro atoms. The normalized spacial score (nSPS) is 22.4. The quantitative estimate of drug-likeness (QED) is 0.328. The third-order valence-corrected chi connectivity index (χ3v) is 7.86. The van der Waals surface area contributed by atoms with Gasteiger partial charge in [0.05, 0.1) is 10.6 Å². The highest BCUT2D eigenvalue weighted by atomic mass is 32.2. The van der Waals surface area contributed by atoms with Crippen LogP contribution in [0.15, 0.2) is 88.8 Å². The molecule has 0 bridgehead atoms.